The molecule has 10 nitrogen and oxygen atoms in total. The van der Waals surface area contributed by atoms with Gasteiger partial charge in [0, 0.05) is 51.0 Å². The van der Waals surface area contributed by atoms with Gasteiger partial charge in [0.05, 0.1) is 16.2 Å². The molecule has 2 amide bonds. The van der Waals surface area contributed by atoms with Gasteiger partial charge in [-0.15, -0.1) is 6.58 Å². The number of rotatable bonds is 9. The van der Waals surface area contributed by atoms with Gasteiger partial charge in [0.1, 0.15) is 5.76 Å². The lowest BCUT2D eigenvalue weighted by Crippen LogP contribution is -2.52. The van der Waals surface area contributed by atoms with E-state index in [-0.39, 0.29) is 35.7 Å². The zero-order chi connectivity index (χ0) is 29.4. The number of carbonyl (C=O) groups excluding carboxylic acids is 3. The molecule has 1 unspecified atom stereocenters. The summed E-state index contributed by atoms with van der Waals surface area (Å²) in [6, 6.07) is 12.4. The molecule has 1 atom stereocenters. The second kappa shape index (κ2) is 11.2. The molecular weight excluding hydrogens is 546 g/mol. The summed E-state index contributed by atoms with van der Waals surface area (Å²) in [6.45, 7) is 5.09. The number of hydrogen-bond acceptors (Lipinski definition) is 7. The summed E-state index contributed by atoms with van der Waals surface area (Å²) < 4.78 is 32.9. The van der Waals surface area contributed by atoms with E-state index in [9.17, 15) is 27.9 Å². The summed E-state index contributed by atoms with van der Waals surface area (Å²) in [5.41, 5.74) is -1.23. The van der Waals surface area contributed by atoms with Crippen molar-refractivity contribution in [2.24, 2.45) is 0 Å². The van der Waals surface area contributed by atoms with Gasteiger partial charge in [0.15, 0.2) is 5.54 Å². The number of ketones is 1. The van der Waals surface area contributed by atoms with E-state index in [1.807, 2.05) is 0 Å². The first-order valence-electron chi connectivity index (χ1n) is 13.6. The topological polar surface area (TPSA) is 125 Å². The number of anilines is 1. The van der Waals surface area contributed by atoms with Crippen LogP contribution in [0, 0.1) is 0 Å². The largest absolute Gasteiger partial charge is 0.507 e. The number of fused-ring (bicyclic) bond motifs is 2. The van der Waals surface area contributed by atoms with E-state index in [2.05, 4.69) is 6.58 Å². The van der Waals surface area contributed by atoms with Gasteiger partial charge < -0.3 is 19.6 Å². The quantitative estimate of drug-likeness (QED) is 0.159. The summed E-state index contributed by atoms with van der Waals surface area (Å²) in [5.74, 6) is -3.01. The zero-order valence-electron chi connectivity index (χ0n) is 22.9. The fraction of sp³-hybridized carbons (Fsp3) is 0.367. The molecule has 3 aliphatic heterocycles. The number of carbonyl (C=O) groups is 3. The summed E-state index contributed by atoms with van der Waals surface area (Å²) >= 11 is 0. The summed E-state index contributed by atoms with van der Waals surface area (Å²) in [6.07, 6.45) is 4.47. The van der Waals surface area contributed by atoms with Crippen molar-refractivity contribution >= 4 is 39.1 Å². The summed E-state index contributed by atoms with van der Waals surface area (Å²) in [5, 5.41) is 11.6. The van der Waals surface area contributed by atoms with Crippen molar-refractivity contribution in [2.75, 3.05) is 44.8 Å². The molecule has 0 aromatic heterocycles. The Kier molecular flexibility index (Phi) is 7.87. The maximum Gasteiger partial charge on any atom is 0.296 e. The van der Waals surface area contributed by atoms with Crippen molar-refractivity contribution in [3.63, 3.8) is 0 Å². The highest BCUT2D eigenvalue weighted by Crippen LogP contribution is 2.53. The standard InChI is InChI=1S/C30H33N3O7S/c1-3-16-32-24-11-6-5-10-23(24)30(29(32)37)25(27(35)28(36)33(30)19-9-20-40-2)26(34)21-12-14-22(15-13-21)41(38,39)31-17-7-4-8-18-31/h3,5-6,10-15,34H,1,4,7-9,16-20H2,2H3/b26-25+. The van der Waals surface area contributed by atoms with E-state index in [1.54, 1.807) is 30.3 Å². The lowest BCUT2D eigenvalue weighted by Gasteiger charge is -2.34. The molecule has 11 heteroatoms. The number of nitrogens with zero attached hydrogens (tertiary/aromatic N) is 3. The first kappa shape index (κ1) is 28.7. The number of methoxy groups -OCH3 is 1. The second-order valence-electron chi connectivity index (χ2n) is 10.3. The Hall–Kier alpha value is -3.80. The fourth-order valence-corrected chi connectivity index (χ4v) is 7.54. The van der Waals surface area contributed by atoms with Gasteiger partial charge in [0.2, 0.25) is 10.0 Å². The lowest BCUT2D eigenvalue weighted by atomic mass is 9.82. The van der Waals surface area contributed by atoms with Crippen LogP contribution < -0.4 is 4.90 Å². The van der Waals surface area contributed by atoms with E-state index in [0.717, 1.165) is 19.3 Å². The number of benzene rings is 2. The van der Waals surface area contributed by atoms with E-state index in [4.69, 9.17) is 4.74 Å². The molecule has 1 N–H and O–H groups in total. The minimum absolute atomic E-state index is 0.0320. The maximum atomic E-state index is 14.3. The van der Waals surface area contributed by atoms with Crippen molar-refractivity contribution < 1.29 is 32.6 Å². The van der Waals surface area contributed by atoms with Crippen LogP contribution in [0.2, 0.25) is 0 Å². The van der Waals surface area contributed by atoms with Crippen LogP contribution in [0.3, 0.4) is 0 Å². The molecule has 41 heavy (non-hydrogen) atoms. The Bertz CT molecular complexity index is 1530. The van der Waals surface area contributed by atoms with E-state index >= 15 is 0 Å². The van der Waals surface area contributed by atoms with Gasteiger partial charge in [-0.3, -0.25) is 14.4 Å². The van der Waals surface area contributed by atoms with Gasteiger partial charge in [-0.2, -0.15) is 4.31 Å². The highest BCUT2D eigenvalue weighted by molar-refractivity contribution is 7.89. The first-order valence-corrected chi connectivity index (χ1v) is 15.1. The van der Waals surface area contributed by atoms with Gasteiger partial charge in [0.25, 0.3) is 17.6 Å². The van der Waals surface area contributed by atoms with Crippen molar-refractivity contribution in [1.82, 2.24) is 9.21 Å². The van der Waals surface area contributed by atoms with Crippen LogP contribution in [0.1, 0.15) is 36.8 Å². The van der Waals surface area contributed by atoms with Crippen molar-refractivity contribution in [2.45, 2.75) is 36.1 Å². The van der Waals surface area contributed by atoms with Crippen LogP contribution >= 0.6 is 0 Å². The molecular formula is C30H33N3O7S. The van der Waals surface area contributed by atoms with Crippen LogP contribution in [0.5, 0.6) is 0 Å². The predicted octanol–water partition coefficient (Wildman–Crippen LogP) is 3.01. The van der Waals surface area contributed by atoms with Crippen LogP contribution in [-0.4, -0.2) is 80.2 Å². The lowest BCUT2D eigenvalue weighted by molar-refractivity contribution is -0.143. The SMILES string of the molecule is C=CCN1C(=O)C2(/C(=C(/O)c3ccc(S(=O)(=O)N4CCCCC4)cc3)C(=O)C(=O)N2CCCOC)c2ccccc21. The minimum Gasteiger partial charge on any atom is -0.507 e. The summed E-state index contributed by atoms with van der Waals surface area (Å²) in [7, 11) is -2.21. The van der Waals surface area contributed by atoms with Crippen LogP contribution in [0.15, 0.2) is 71.7 Å². The smallest absolute Gasteiger partial charge is 0.296 e. The second-order valence-corrected chi connectivity index (χ2v) is 12.2. The van der Waals surface area contributed by atoms with Gasteiger partial charge >= 0.3 is 0 Å². The number of aliphatic hydroxyl groups is 1. The normalized spacial score (nSPS) is 22.5. The molecule has 2 fully saturated rings. The number of para-hydroxylation sites is 1. The number of likely N-dealkylation sites (tertiary alicyclic amines) is 1. The molecule has 2 aromatic carbocycles. The molecule has 216 valence electrons. The maximum absolute atomic E-state index is 14.3. The Balaban J connectivity index is 1.66. The van der Waals surface area contributed by atoms with Gasteiger partial charge in [-0.25, -0.2) is 8.42 Å². The van der Waals surface area contributed by atoms with E-state index in [1.165, 1.54) is 45.5 Å². The third kappa shape index (κ3) is 4.48. The summed E-state index contributed by atoms with van der Waals surface area (Å²) in [4.78, 5) is 44.2. The number of sulfonamides is 1. The first-order chi connectivity index (χ1) is 19.7. The number of ether oxygens (including phenoxy) is 1. The Morgan fingerprint density at radius 1 is 1.05 bits per heavy atom. The number of hydrogen-bond donors (Lipinski definition) is 1. The minimum atomic E-state index is -3.72. The average molecular weight is 580 g/mol. The molecule has 0 radical (unpaired) electrons. The van der Waals surface area contributed by atoms with Crippen molar-refractivity contribution in [3.05, 3.63) is 77.9 Å². The molecule has 2 aromatic rings. The molecule has 0 saturated carbocycles. The number of aliphatic hydroxyl groups excluding tert-OH is 1. The van der Waals surface area contributed by atoms with Crippen molar-refractivity contribution in [1.29, 1.82) is 0 Å². The van der Waals surface area contributed by atoms with Crippen LogP contribution in [0.25, 0.3) is 5.76 Å². The Morgan fingerprint density at radius 2 is 1.73 bits per heavy atom. The molecule has 5 rings (SSSR count). The van der Waals surface area contributed by atoms with Crippen molar-refractivity contribution in [3.8, 4) is 0 Å². The number of piperidine rings is 1. The van der Waals surface area contributed by atoms with E-state index in [0.29, 0.717) is 30.8 Å². The third-order valence-electron chi connectivity index (χ3n) is 7.93. The zero-order valence-corrected chi connectivity index (χ0v) is 23.7. The Labute approximate surface area is 239 Å². The van der Waals surface area contributed by atoms with Crippen LogP contribution in [0.4, 0.5) is 5.69 Å². The molecule has 3 aliphatic rings. The molecule has 3 heterocycles. The Morgan fingerprint density at radius 3 is 2.39 bits per heavy atom. The average Bonchev–Trinajstić information content (AvgIpc) is 3.36. The fourth-order valence-electron chi connectivity index (χ4n) is 6.03. The highest BCUT2D eigenvalue weighted by Gasteiger charge is 2.66. The highest BCUT2D eigenvalue weighted by atomic mass is 32.2. The number of amides is 2. The van der Waals surface area contributed by atoms with Gasteiger partial charge in [-0.05, 0) is 49.6 Å². The van der Waals surface area contributed by atoms with E-state index < -0.39 is 38.9 Å². The monoisotopic (exact) mass is 579 g/mol. The predicted molar refractivity (Wildman–Crippen MR) is 152 cm³/mol. The molecule has 2 saturated heterocycles. The van der Waals surface area contributed by atoms with Crippen LogP contribution in [-0.2, 0) is 34.7 Å². The molecule has 1 spiro atoms. The third-order valence-corrected chi connectivity index (χ3v) is 9.84. The molecule has 0 bridgehead atoms. The number of Topliss-reactive ketones (excluding diaryl/α,β-unsaturated/α-hetero) is 1. The molecule has 0 aliphatic carbocycles. The van der Waals surface area contributed by atoms with Gasteiger partial charge in [-0.1, -0.05) is 30.7 Å².